The number of fused-ring (bicyclic) bond motifs is 3. The number of esters is 1. The van der Waals surface area contributed by atoms with E-state index in [1.807, 2.05) is 18.6 Å². The zero-order valence-corrected chi connectivity index (χ0v) is 14.5. The van der Waals surface area contributed by atoms with E-state index in [0.29, 0.717) is 6.42 Å². The number of aromatic nitrogens is 2. The van der Waals surface area contributed by atoms with Gasteiger partial charge < -0.3 is 14.4 Å². The summed E-state index contributed by atoms with van der Waals surface area (Å²) >= 11 is 0. The number of hydrogen-bond donors (Lipinski definition) is 1. The van der Waals surface area contributed by atoms with Gasteiger partial charge in [-0.2, -0.15) is 0 Å². The first-order valence-electron chi connectivity index (χ1n) is 9.06. The number of methoxy groups -OCH3 is 1. The van der Waals surface area contributed by atoms with E-state index in [1.165, 1.54) is 18.2 Å². The number of carbonyl (C=O) groups excluding carboxylic acids is 1. The smallest absolute Gasteiger partial charge is 0.308 e. The van der Waals surface area contributed by atoms with Gasteiger partial charge in [-0.25, -0.2) is 4.98 Å². The summed E-state index contributed by atoms with van der Waals surface area (Å²) in [7, 11) is 1.45. The fourth-order valence-corrected chi connectivity index (χ4v) is 4.50. The summed E-state index contributed by atoms with van der Waals surface area (Å²) in [5, 5.41) is 10.9. The van der Waals surface area contributed by atoms with Gasteiger partial charge in [-0.3, -0.25) is 4.79 Å². The maximum absolute atomic E-state index is 11.7. The molecular formula is C20H24N2O3. The number of imidazole rings is 1. The van der Waals surface area contributed by atoms with Crippen LogP contribution in [0.3, 0.4) is 0 Å². The number of aliphatic hydroxyl groups excluding tert-OH is 1. The van der Waals surface area contributed by atoms with Crippen molar-refractivity contribution in [3.63, 3.8) is 0 Å². The Balaban J connectivity index is 1.46. The number of hydrogen-bond acceptors (Lipinski definition) is 4. The predicted octanol–water partition coefficient (Wildman–Crippen LogP) is 3.18. The maximum atomic E-state index is 11.7. The number of ether oxygens (including phenoxy) is 1. The second-order valence-electron chi connectivity index (χ2n) is 7.23. The predicted molar refractivity (Wildman–Crippen MR) is 93.9 cm³/mol. The molecule has 25 heavy (non-hydrogen) atoms. The number of nitrogens with zero attached hydrogens (tertiary/aromatic N) is 2. The van der Waals surface area contributed by atoms with E-state index in [9.17, 15) is 9.90 Å². The van der Waals surface area contributed by atoms with E-state index in [2.05, 4.69) is 27.8 Å². The number of rotatable bonds is 4. The first-order chi connectivity index (χ1) is 12.2. The average molecular weight is 340 g/mol. The van der Waals surface area contributed by atoms with Crippen LogP contribution in [0.1, 0.15) is 43.7 Å². The molecule has 0 amide bonds. The van der Waals surface area contributed by atoms with E-state index in [1.54, 1.807) is 0 Å². The molecule has 2 aromatic rings. The molecule has 132 valence electrons. The molecule has 1 N–H and O–H groups in total. The lowest BCUT2D eigenvalue weighted by molar-refractivity contribution is -0.147. The molecule has 2 heterocycles. The normalized spacial score (nSPS) is 25.9. The SMILES string of the molecule is COC(=O)[C@H]1CC[C@H]([C@H](O)CC2c3ccccc3-c3cncn32)CC1. The van der Waals surface area contributed by atoms with Crippen molar-refractivity contribution in [2.45, 2.75) is 44.2 Å². The molecule has 5 heteroatoms. The van der Waals surface area contributed by atoms with Gasteiger partial charge in [-0.05, 0) is 43.6 Å². The summed E-state index contributed by atoms with van der Waals surface area (Å²) in [6.45, 7) is 0. The molecular weight excluding hydrogens is 316 g/mol. The van der Waals surface area contributed by atoms with Crippen LogP contribution in [0, 0.1) is 11.8 Å². The first kappa shape index (κ1) is 16.3. The Morgan fingerprint density at radius 3 is 2.84 bits per heavy atom. The summed E-state index contributed by atoms with van der Waals surface area (Å²) in [5.74, 6) is 0.141. The molecule has 0 spiro atoms. The number of carbonyl (C=O) groups is 1. The quantitative estimate of drug-likeness (QED) is 0.868. The van der Waals surface area contributed by atoms with E-state index in [0.717, 1.165) is 31.4 Å². The minimum atomic E-state index is -0.370. The molecule has 0 saturated heterocycles. The van der Waals surface area contributed by atoms with Crippen LogP contribution >= 0.6 is 0 Å². The van der Waals surface area contributed by atoms with Gasteiger partial charge in [-0.1, -0.05) is 24.3 Å². The van der Waals surface area contributed by atoms with Gasteiger partial charge in [0.05, 0.1) is 43.4 Å². The lowest BCUT2D eigenvalue weighted by atomic mass is 9.78. The average Bonchev–Trinajstić information content (AvgIpc) is 3.24. The summed E-state index contributed by atoms with van der Waals surface area (Å²) in [6, 6.07) is 8.51. The third kappa shape index (κ3) is 2.86. The molecule has 0 radical (unpaired) electrons. The van der Waals surface area contributed by atoms with Crippen molar-refractivity contribution in [2.75, 3.05) is 7.11 Å². The second-order valence-corrected chi connectivity index (χ2v) is 7.23. The molecule has 1 aromatic heterocycles. The van der Waals surface area contributed by atoms with Gasteiger partial charge in [0.1, 0.15) is 0 Å². The van der Waals surface area contributed by atoms with E-state index < -0.39 is 0 Å². The number of benzene rings is 1. The van der Waals surface area contributed by atoms with Gasteiger partial charge in [0.15, 0.2) is 0 Å². The fraction of sp³-hybridized carbons (Fsp3) is 0.500. The molecule has 5 nitrogen and oxygen atoms in total. The molecule has 0 bridgehead atoms. The molecule has 2 aliphatic rings. The summed E-state index contributed by atoms with van der Waals surface area (Å²) in [6.07, 6.45) is 7.46. The minimum Gasteiger partial charge on any atom is -0.469 e. The van der Waals surface area contributed by atoms with Gasteiger partial charge in [0.25, 0.3) is 0 Å². The van der Waals surface area contributed by atoms with Crippen molar-refractivity contribution in [1.82, 2.24) is 9.55 Å². The van der Waals surface area contributed by atoms with E-state index in [-0.39, 0.29) is 30.0 Å². The van der Waals surface area contributed by atoms with Gasteiger partial charge >= 0.3 is 5.97 Å². The van der Waals surface area contributed by atoms with Crippen LogP contribution < -0.4 is 0 Å². The Bertz CT molecular complexity index is 762. The lowest BCUT2D eigenvalue weighted by Crippen LogP contribution is -2.30. The Hall–Kier alpha value is -2.14. The molecule has 1 unspecified atom stereocenters. The lowest BCUT2D eigenvalue weighted by Gasteiger charge is -2.31. The molecule has 2 atom stereocenters. The highest BCUT2D eigenvalue weighted by atomic mass is 16.5. The summed E-state index contributed by atoms with van der Waals surface area (Å²) < 4.78 is 7.03. The molecule has 1 aliphatic heterocycles. The van der Waals surface area contributed by atoms with E-state index >= 15 is 0 Å². The Labute approximate surface area is 147 Å². The highest BCUT2D eigenvalue weighted by Gasteiger charge is 2.34. The highest BCUT2D eigenvalue weighted by Crippen LogP contribution is 2.43. The fourth-order valence-electron chi connectivity index (χ4n) is 4.50. The third-order valence-corrected chi connectivity index (χ3v) is 5.91. The minimum absolute atomic E-state index is 0.000841. The molecule has 1 aliphatic carbocycles. The molecule has 4 rings (SSSR count). The standard InChI is InChI=1S/C20H24N2O3/c1-25-20(24)14-8-6-13(7-9-14)19(23)10-17-15-4-2-3-5-16(15)18-11-21-12-22(17)18/h2-5,11-14,17,19,23H,6-10H2,1H3/t13-,14-,17?,19-/m1/s1. The van der Waals surface area contributed by atoms with Crippen molar-refractivity contribution >= 4 is 5.97 Å². The van der Waals surface area contributed by atoms with Crippen LogP contribution in [0.15, 0.2) is 36.8 Å². The van der Waals surface area contributed by atoms with Crippen LogP contribution in [0.25, 0.3) is 11.3 Å². The number of aliphatic hydroxyl groups is 1. The topological polar surface area (TPSA) is 64.3 Å². The third-order valence-electron chi connectivity index (χ3n) is 5.91. The van der Waals surface area contributed by atoms with Crippen LogP contribution in [0.2, 0.25) is 0 Å². The van der Waals surface area contributed by atoms with E-state index in [4.69, 9.17) is 4.74 Å². The summed E-state index contributed by atoms with van der Waals surface area (Å²) in [5.41, 5.74) is 3.61. The maximum Gasteiger partial charge on any atom is 0.308 e. The van der Waals surface area contributed by atoms with Crippen molar-refractivity contribution < 1.29 is 14.6 Å². The van der Waals surface area contributed by atoms with Crippen LogP contribution in [-0.2, 0) is 9.53 Å². The Kier molecular flexibility index (Phi) is 4.34. The largest absolute Gasteiger partial charge is 0.469 e. The highest BCUT2D eigenvalue weighted by molar-refractivity contribution is 5.72. The Morgan fingerprint density at radius 1 is 1.32 bits per heavy atom. The van der Waals surface area contributed by atoms with Gasteiger partial charge in [0, 0.05) is 5.56 Å². The van der Waals surface area contributed by atoms with Crippen molar-refractivity contribution in [3.8, 4) is 11.3 Å². The van der Waals surface area contributed by atoms with Gasteiger partial charge in [-0.15, -0.1) is 0 Å². The Morgan fingerprint density at radius 2 is 2.08 bits per heavy atom. The van der Waals surface area contributed by atoms with Gasteiger partial charge in [0.2, 0.25) is 0 Å². The second kappa shape index (κ2) is 6.64. The monoisotopic (exact) mass is 340 g/mol. The molecule has 1 aromatic carbocycles. The molecule has 1 saturated carbocycles. The summed E-state index contributed by atoms with van der Waals surface area (Å²) in [4.78, 5) is 16.0. The van der Waals surface area contributed by atoms with Crippen molar-refractivity contribution in [2.24, 2.45) is 11.8 Å². The van der Waals surface area contributed by atoms with Crippen molar-refractivity contribution in [3.05, 3.63) is 42.4 Å². The van der Waals surface area contributed by atoms with Crippen molar-refractivity contribution in [1.29, 1.82) is 0 Å². The van der Waals surface area contributed by atoms with Crippen LogP contribution in [-0.4, -0.2) is 33.8 Å². The zero-order chi connectivity index (χ0) is 17.4. The molecule has 1 fully saturated rings. The van der Waals surface area contributed by atoms with Crippen LogP contribution in [0.4, 0.5) is 0 Å². The first-order valence-corrected chi connectivity index (χ1v) is 9.06. The zero-order valence-electron chi connectivity index (χ0n) is 14.5. The van der Waals surface area contributed by atoms with Crippen LogP contribution in [0.5, 0.6) is 0 Å².